The van der Waals surface area contributed by atoms with Crippen LogP contribution in [0.4, 0.5) is 0 Å². The van der Waals surface area contributed by atoms with Crippen molar-refractivity contribution < 1.29 is 9.13 Å². The molecule has 0 atom stereocenters. The molecule has 0 saturated carbocycles. The maximum absolute atomic E-state index is 7.43. The van der Waals surface area contributed by atoms with Gasteiger partial charge in [0.05, 0.1) is 19.3 Å². The number of hydrogen-bond acceptors (Lipinski definition) is 4. The molecule has 0 aliphatic heterocycles. The van der Waals surface area contributed by atoms with Crippen LogP contribution in [0.1, 0.15) is 39.5 Å². The smallest absolute Gasteiger partial charge is 0.244 e. The van der Waals surface area contributed by atoms with Crippen LogP contribution >= 0.6 is 0 Å². The fourth-order valence-corrected chi connectivity index (χ4v) is 2.36. The molecule has 0 fully saturated rings. The van der Waals surface area contributed by atoms with Gasteiger partial charge in [0, 0.05) is 0 Å². The van der Waals surface area contributed by atoms with Crippen molar-refractivity contribution in [1.82, 2.24) is 9.13 Å². The predicted molar refractivity (Wildman–Crippen MR) is 129 cm³/mol. The van der Waals surface area contributed by atoms with E-state index in [1.165, 1.54) is 43.3 Å². The molecule has 0 bridgehead atoms. The monoisotopic (exact) mass is 454 g/mol. The fourth-order valence-electron chi connectivity index (χ4n) is 2.36. The minimum atomic E-state index is 0.902. The molecule has 8 nitrogen and oxygen atoms in total. The zero-order valence-electron chi connectivity index (χ0n) is 19.2. The summed E-state index contributed by atoms with van der Waals surface area (Å²) in [6.45, 7) is 15.9. The minimum absolute atomic E-state index is 0.902. The van der Waals surface area contributed by atoms with Gasteiger partial charge < -0.3 is 23.0 Å². The lowest BCUT2D eigenvalue weighted by Crippen LogP contribution is -2.29. The first-order chi connectivity index (χ1) is 15.6. The van der Waals surface area contributed by atoms with Gasteiger partial charge in [-0.3, -0.25) is 0 Å². The Bertz CT molecular complexity index is 811. The average molecular weight is 455 g/mol. The van der Waals surface area contributed by atoms with E-state index in [-0.39, 0.29) is 0 Å². The Labute approximate surface area is 198 Å². The maximum atomic E-state index is 7.43. The first kappa shape index (κ1) is 30.7. The molecule has 9 heteroatoms. The number of nitriles is 2. The topological polar surface area (TPSA) is 99.9 Å². The number of allylic oxidation sites excluding steroid dienone is 2. The van der Waals surface area contributed by atoms with E-state index in [9.17, 15) is 0 Å². The summed E-state index contributed by atoms with van der Waals surface area (Å²) in [5, 5.41) is 23.3. The second kappa shape index (κ2) is 23.8. The Morgan fingerprint density at radius 2 is 1.38 bits per heavy atom. The summed E-state index contributed by atoms with van der Waals surface area (Å²) in [5.74, 6) is 0. The highest BCUT2D eigenvalue weighted by Crippen LogP contribution is 1.93. The van der Waals surface area contributed by atoms with Crippen LogP contribution in [0.15, 0.2) is 67.7 Å². The number of hydrogen-bond donors (Lipinski definition) is 0. The predicted octanol–water partition coefficient (Wildman–Crippen LogP) is 3.75. The second-order valence-electron chi connectivity index (χ2n) is 6.38. The minimum Gasteiger partial charge on any atom is -0.696 e. The molecular formula is C23H34N8S. The highest BCUT2D eigenvalue weighted by Gasteiger charge is 2.00. The second-order valence-corrected chi connectivity index (χ2v) is 6.57. The molecule has 32 heavy (non-hydrogen) atoms. The summed E-state index contributed by atoms with van der Waals surface area (Å²) in [5.41, 5.74) is 0. The van der Waals surface area contributed by atoms with E-state index in [1.807, 2.05) is 12.2 Å². The molecule has 0 amide bonds. The number of nitrogens with zero attached hydrogens (tertiary/aromatic N) is 8. The molecule has 2 rings (SSSR count). The van der Waals surface area contributed by atoms with Crippen LogP contribution in [0, 0.1) is 22.1 Å². The lowest BCUT2D eigenvalue weighted by molar-refractivity contribution is -0.686. The Kier molecular flexibility index (Phi) is 22.8. The van der Waals surface area contributed by atoms with Gasteiger partial charge in [0.15, 0.2) is 0 Å². The van der Waals surface area contributed by atoms with E-state index >= 15 is 0 Å². The maximum Gasteiger partial charge on any atom is 0.244 e. The molecule has 0 radical (unpaired) electrons. The largest absolute Gasteiger partial charge is 0.696 e. The third-order valence-corrected chi connectivity index (χ3v) is 3.81. The number of aryl methyl sites for hydroxylation is 2. The number of aromatic nitrogens is 4. The summed E-state index contributed by atoms with van der Waals surface area (Å²) in [6, 6.07) is 1.28. The van der Waals surface area contributed by atoms with Crippen molar-refractivity contribution in [2.24, 2.45) is 4.99 Å². The Balaban J connectivity index is 0. The van der Waals surface area contributed by atoms with Gasteiger partial charge in [-0.15, -0.1) is 6.01 Å². The number of thiocyanates is 1. The number of unbranched alkanes of at least 4 members (excludes halogenated alkanes) is 2. The summed E-state index contributed by atoms with van der Waals surface area (Å²) in [4.78, 5) is 2.58. The summed E-state index contributed by atoms with van der Waals surface area (Å²) >= 11 is 3.70. The van der Waals surface area contributed by atoms with Crippen LogP contribution in [0.2, 0.25) is 0 Å². The van der Waals surface area contributed by atoms with Crippen molar-refractivity contribution in [3.05, 3.63) is 68.2 Å². The van der Waals surface area contributed by atoms with Gasteiger partial charge in [0.1, 0.15) is 37.9 Å². The van der Waals surface area contributed by atoms with E-state index in [1.54, 1.807) is 0 Å². The van der Waals surface area contributed by atoms with E-state index in [4.69, 9.17) is 15.9 Å². The van der Waals surface area contributed by atoms with E-state index in [0.29, 0.717) is 0 Å². The molecule has 0 aromatic carbocycles. The van der Waals surface area contributed by atoms with Crippen molar-refractivity contribution in [2.75, 3.05) is 0 Å². The van der Waals surface area contributed by atoms with Crippen molar-refractivity contribution in [2.45, 2.75) is 65.7 Å². The molecule has 2 aromatic rings. The number of aliphatic imine (C=N–C) groups is 1. The van der Waals surface area contributed by atoms with Gasteiger partial charge in [0.2, 0.25) is 12.7 Å². The average Bonchev–Trinajstić information content (AvgIpc) is 3.43. The normalized spacial score (nSPS) is 8.38. The van der Waals surface area contributed by atoms with Gasteiger partial charge in [-0.2, -0.15) is 5.26 Å². The lowest BCUT2D eigenvalue weighted by atomic mass is 10.3. The molecule has 0 aliphatic carbocycles. The van der Waals surface area contributed by atoms with Crippen LogP contribution in [-0.2, 0) is 38.8 Å². The van der Waals surface area contributed by atoms with Crippen LogP contribution in [0.25, 0.3) is 5.41 Å². The fraction of sp³-hybridized carbons (Fsp3) is 0.435. The highest BCUT2D eigenvalue weighted by atomic mass is 32.1. The van der Waals surface area contributed by atoms with Crippen molar-refractivity contribution >= 4 is 18.6 Å². The van der Waals surface area contributed by atoms with E-state index < -0.39 is 0 Å². The van der Waals surface area contributed by atoms with Gasteiger partial charge in [-0.1, -0.05) is 57.4 Å². The van der Waals surface area contributed by atoms with Crippen LogP contribution in [0.3, 0.4) is 0 Å². The van der Waals surface area contributed by atoms with Crippen LogP contribution < -0.4 is 9.13 Å². The third kappa shape index (κ3) is 18.5. The molecule has 2 heterocycles. The van der Waals surface area contributed by atoms with Gasteiger partial charge in [-0.05, 0) is 12.8 Å². The SMILES string of the molecule is C=CC[n+]1ccn(CCCC)c1.C=CC[n+]1ccn(CCCC)c1.N#CN=C=[N-].N#C[S-]. The molecular weight excluding hydrogens is 420 g/mol. The molecule has 0 N–H and O–H groups in total. The van der Waals surface area contributed by atoms with Gasteiger partial charge in [-0.25, -0.2) is 23.5 Å². The zero-order valence-corrected chi connectivity index (χ0v) is 20.0. The summed E-state index contributed by atoms with van der Waals surface area (Å²) in [7, 11) is 0. The van der Waals surface area contributed by atoms with Gasteiger partial charge in [0.25, 0.3) is 0 Å². The number of rotatable bonds is 10. The molecule has 2 aromatic heterocycles. The van der Waals surface area contributed by atoms with E-state index in [2.05, 4.69) is 100 Å². The first-order valence-electron chi connectivity index (χ1n) is 10.4. The molecule has 0 saturated heterocycles. The van der Waals surface area contributed by atoms with Crippen LogP contribution in [0.5, 0.6) is 0 Å². The van der Waals surface area contributed by atoms with Crippen molar-refractivity contribution in [3.8, 4) is 11.6 Å². The Morgan fingerprint density at radius 3 is 1.62 bits per heavy atom. The highest BCUT2D eigenvalue weighted by molar-refractivity contribution is 7.64. The molecule has 0 aliphatic rings. The first-order valence-corrected chi connectivity index (χ1v) is 10.8. The third-order valence-electron chi connectivity index (χ3n) is 3.81. The molecule has 0 unspecified atom stereocenters. The number of imidazole rings is 2. The summed E-state index contributed by atoms with van der Waals surface area (Å²) in [6.07, 6.45) is 22.7. The Hall–Kier alpha value is -3.52. The van der Waals surface area contributed by atoms with Crippen molar-refractivity contribution in [3.63, 3.8) is 0 Å². The molecule has 172 valence electrons. The lowest BCUT2D eigenvalue weighted by Gasteiger charge is -1.91. The van der Waals surface area contributed by atoms with E-state index in [0.717, 1.165) is 26.2 Å². The zero-order chi connectivity index (χ0) is 24.5. The standard InChI is InChI=1S/2C10H17N2.C2N3.CHNS/c2*1-3-5-7-12-9-8-11(10-12)6-4-2;3-1-5-2-4;2-1-3/h2*4,8-10H,2-3,5-7H2,1H3;;3H/q2*+1;-1;/p-1. The van der Waals surface area contributed by atoms with Crippen molar-refractivity contribution in [1.29, 1.82) is 10.5 Å². The quantitative estimate of drug-likeness (QED) is 0.180. The summed E-state index contributed by atoms with van der Waals surface area (Å²) < 4.78 is 8.69. The Morgan fingerprint density at radius 1 is 0.969 bits per heavy atom. The molecule has 0 spiro atoms. The van der Waals surface area contributed by atoms with Crippen LogP contribution in [-0.4, -0.2) is 15.1 Å². The van der Waals surface area contributed by atoms with Gasteiger partial charge >= 0.3 is 0 Å².